The van der Waals surface area contributed by atoms with Gasteiger partial charge in [-0.2, -0.15) is 10.5 Å². The highest BCUT2D eigenvalue weighted by Crippen LogP contribution is 2.30. The normalized spacial score (nSPS) is 12.9. The Morgan fingerprint density at radius 2 is 1.93 bits per heavy atom. The molecule has 27 heavy (non-hydrogen) atoms. The van der Waals surface area contributed by atoms with Crippen LogP contribution < -0.4 is 5.56 Å². The number of fused-ring (bicyclic) bond motifs is 1. The molecule has 0 saturated carbocycles. The second-order valence-electron chi connectivity index (χ2n) is 6.83. The van der Waals surface area contributed by atoms with Crippen molar-refractivity contribution in [3.63, 3.8) is 0 Å². The number of halogens is 1. The fraction of sp³-hybridized carbons (Fsp3) is 0.227. The van der Waals surface area contributed by atoms with Gasteiger partial charge in [0.2, 0.25) is 0 Å². The number of rotatable bonds is 4. The van der Waals surface area contributed by atoms with Gasteiger partial charge in [-0.05, 0) is 60.5 Å². The van der Waals surface area contributed by atoms with E-state index in [1.54, 1.807) is 13.0 Å². The van der Waals surface area contributed by atoms with Crippen LogP contribution in [-0.2, 0) is 18.3 Å². The maximum Gasteiger partial charge on any atom is 0.251 e. The molecule has 3 rings (SSSR count). The van der Waals surface area contributed by atoms with Crippen molar-refractivity contribution in [3.05, 3.63) is 80.9 Å². The van der Waals surface area contributed by atoms with E-state index in [0.717, 1.165) is 10.9 Å². The smallest absolute Gasteiger partial charge is 0.251 e. The maximum atomic E-state index is 13.6. The van der Waals surface area contributed by atoms with Crippen molar-refractivity contribution in [2.45, 2.75) is 32.1 Å². The molecule has 0 fully saturated rings. The number of aryl methyl sites for hydroxylation is 1. The van der Waals surface area contributed by atoms with Crippen LogP contribution in [0.15, 0.2) is 47.3 Å². The zero-order valence-electron chi connectivity index (χ0n) is 15.1. The lowest BCUT2D eigenvalue weighted by atomic mass is 9.78. The Morgan fingerprint density at radius 1 is 1.15 bits per heavy atom. The zero-order chi connectivity index (χ0) is 19.6. The average molecular weight is 359 g/mol. The van der Waals surface area contributed by atoms with Crippen molar-refractivity contribution in [3.8, 4) is 12.1 Å². The van der Waals surface area contributed by atoms with Gasteiger partial charge in [-0.3, -0.25) is 4.79 Å². The number of hydrogen-bond acceptors (Lipinski definition) is 3. The molecule has 0 radical (unpaired) electrons. The van der Waals surface area contributed by atoms with Crippen LogP contribution in [0.1, 0.15) is 36.1 Å². The minimum absolute atomic E-state index is 0.0391. The summed E-state index contributed by atoms with van der Waals surface area (Å²) in [5.41, 5.74) is 1.79. The lowest BCUT2D eigenvalue weighted by Crippen LogP contribution is -2.23. The fourth-order valence-electron chi connectivity index (χ4n) is 3.23. The van der Waals surface area contributed by atoms with E-state index >= 15 is 0 Å². The molecule has 2 aromatic carbocycles. The van der Waals surface area contributed by atoms with Crippen molar-refractivity contribution >= 4 is 10.9 Å². The molecule has 0 saturated heterocycles. The lowest BCUT2D eigenvalue weighted by Gasteiger charge is -2.23. The third kappa shape index (κ3) is 3.45. The molecule has 0 aliphatic carbocycles. The maximum absolute atomic E-state index is 13.6. The van der Waals surface area contributed by atoms with Crippen LogP contribution in [0.2, 0.25) is 0 Å². The van der Waals surface area contributed by atoms with Gasteiger partial charge in [0.1, 0.15) is 11.9 Å². The largest absolute Gasteiger partial charge is 0.322 e. The molecule has 1 heterocycles. The van der Waals surface area contributed by atoms with E-state index in [0.29, 0.717) is 29.5 Å². The topological polar surface area (TPSA) is 80.4 Å². The second-order valence-corrected chi connectivity index (χ2v) is 6.83. The first kappa shape index (κ1) is 18.4. The molecule has 1 N–H and O–H groups in total. The fourth-order valence-corrected chi connectivity index (χ4v) is 3.23. The van der Waals surface area contributed by atoms with Crippen LogP contribution in [0.5, 0.6) is 0 Å². The van der Waals surface area contributed by atoms with E-state index in [1.807, 2.05) is 37.3 Å². The molecule has 0 spiro atoms. The molecule has 1 atom stereocenters. The second kappa shape index (κ2) is 7.05. The first-order valence-electron chi connectivity index (χ1n) is 8.66. The molecule has 0 amide bonds. The van der Waals surface area contributed by atoms with Crippen LogP contribution >= 0.6 is 0 Å². The molecular weight excluding hydrogens is 341 g/mol. The summed E-state index contributed by atoms with van der Waals surface area (Å²) >= 11 is 0. The summed E-state index contributed by atoms with van der Waals surface area (Å²) < 4.78 is 13.6. The van der Waals surface area contributed by atoms with Crippen LogP contribution in [0.3, 0.4) is 0 Å². The van der Waals surface area contributed by atoms with Gasteiger partial charge < -0.3 is 4.98 Å². The first-order valence-corrected chi connectivity index (χ1v) is 8.66. The minimum Gasteiger partial charge on any atom is -0.322 e. The molecule has 3 aromatic rings. The summed E-state index contributed by atoms with van der Waals surface area (Å²) in [7, 11) is 0. The van der Waals surface area contributed by atoms with Gasteiger partial charge >= 0.3 is 0 Å². The summed E-state index contributed by atoms with van der Waals surface area (Å²) in [6.07, 6.45) is 0.968. The van der Waals surface area contributed by atoms with Gasteiger partial charge in [0, 0.05) is 11.1 Å². The Morgan fingerprint density at radius 3 is 2.59 bits per heavy atom. The number of nitriles is 2. The molecular formula is C22H18FN3O. The zero-order valence-corrected chi connectivity index (χ0v) is 15.1. The molecule has 0 aliphatic heterocycles. The van der Waals surface area contributed by atoms with Crippen LogP contribution in [-0.4, -0.2) is 4.98 Å². The van der Waals surface area contributed by atoms with Crippen LogP contribution in [0, 0.1) is 28.5 Å². The number of H-pyrrole nitrogens is 1. The molecule has 0 bridgehead atoms. The molecule has 4 nitrogen and oxygen atoms in total. The number of nitrogens with zero attached hydrogens (tertiary/aromatic N) is 2. The first-order chi connectivity index (χ1) is 12.9. The molecule has 1 aromatic heterocycles. The number of hydrogen-bond donors (Lipinski definition) is 1. The van der Waals surface area contributed by atoms with Crippen LogP contribution in [0.25, 0.3) is 10.9 Å². The summed E-state index contributed by atoms with van der Waals surface area (Å²) in [4.78, 5) is 15.0. The van der Waals surface area contributed by atoms with E-state index in [1.165, 1.54) is 12.1 Å². The number of nitrogens with one attached hydrogen (secondary N) is 1. The molecule has 134 valence electrons. The molecule has 0 aliphatic rings. The predicted octanol–water partition coefficient (Wildman–Crippen LogP) is 4.13. The monoisotopic (exact) mass is 359 g/mol. The molecule has 5 heteroatoms. The standard InChI is InChI=1S/C22H18FN3O/c1-3-15-9-16-5-6-18(10-20(16)26-21(15)27)22(2,13-25)11-14-4-7-19(23)17(8-14)12-24/h4-10H,3,11H2,1-2H3,(H,26,27). The number of pyridine rings is 1. The minimum atomic E-state index is -0.890. The average Bonchev–Trinajstić information content (AvgIpc) is 2.68. The van der Waals surface area contributed by atoms with E-state index in [9.17, 15) is 14.4 Å². The lowest BCUT2D eigenvalue weighted by molar-refractivity contribution is 0.599. The summed E-state index contributed by atoms with van der Waals surface area (Å²) in [5, 5.41) is 19.7. The third-order valence-electron chi connectivity index (χ3n) is 4.90. The van der Waals surface area contributed by atoms with E-state index in [2.05, 4.69) is 11.1 Å². The Bertz CT molecular complexity index is 1170. The van der Waals surface area contributed by atoms with Crippen molar-refractivity contribution in [1.29, 1.82) is 10.5 Å². The van der Waals surface area contributed by atoms with E-state index in [-0.39, 0.29) is 11.1 Å². The predicted molar refractivity (Wildman–Crippen MR) is 102 cm³/mol. The van der Waals surface area contributed by atoms with Gasteiger partial charge in [-0.1, -0.05) is 25.1 Å². The Hall–Kier alpha value is -3.44. The highest BCUT2D eigenvalue weighted by atomic mass is 19.1. The van der Waals surface area contributed by atoms with Gasteiger partial charge in [0.25, 0.3) is 5.56 Å². The van der Waals surface area contributed by atoms with Crippen molar-refractivity contribution < 1.29 is 4.39 Å². The van der Waals surface area contributed by atoms with Crippen molar-refractivity contribution in [1.82, 2.24) is 4.98 Å². The Balaban J connectivity index is 2.05. The summed E-state index contributed by atoms with van der Waals surface area (Å²) in [6, 6.07) is 15.9. The van der Waals surface area contributed by atoms with Crippen molar-refractivity contribution in [2.75, 3.05) is 0 Å². The number of aromatic nitrogens is 1. The van der Waals surface area contributed by atoms with Crippen LogP contribution in [0.4, 0.5) is 4.39 Å². The van der Waals surface area contributed by atoms with Crippen molar-refractivity contribution in [2.24, 2.45) is 0 Å². The summed E-state index contributed by atoms with van der Waals surface area (Å²) in [6.45, 7) is 3.72. The quantitative estimate of drug-likeness (QED) is 0.761. The Labute approximate surface area is 156 Å². The molecule has 1 unspecified atom stereocenters. The number of benzene rings is 2. The highest BCUT2D eigenvalue weighted by Gasteiger charge is 2.27. The summed E-state index contributed by atoms with van der Waals surface area (Å²) in [5.74, 6) is -0.574. The van der Waals surface area contributed by atoms with E-state index in [4.69, 9.17) is 5.26 Å². The Kier molecular flexibility index (Phi) is 4.79. The van der Waals surface area contributed by atoms with E-state index < -0.39 is 11.2 Å². The van der Waals surface area contributed by atoms with Gasteiger partial charge in [0.15, 0.2) is 0 Å². The number of aromatic amines is 1. The van der Waals surface area contributed by atoms with Gasteiger partial charge in [0.05, 0.1) is 17.0 Å². The highest BCUT2D eigenvalue weighted by molar-refractivity contribution is 5.80. The van der Waals surface area contributed by atoms with Gasteiger partial charge in [-0.25, -0.2) is 4.39 Å². The third-order valence-corrected chi connectivity index (χ3v) is 4.90. The SMILES string of the molecule is CCc1cc2ccc(C(C)(C#N)Cc3ccc(F)c(C#N)c3)cc2[nH]c1=O. The van der Waals surface area contributed by atoms with Gasteiger partial charge in [-0.15, -0.1) is 0 Å².